The maximum absolute atomic E-state index is 5.31. The number of fused-ring (bicyclic) bond motifs is 1. The summed E-state index contributed by atoms with van der Waals surface area (Å²) in [4.78, 5) is 0. The molecule has 4 heteroatoms. The van der Waals surface area contributed by atoms with Crippen molar-refractivity contribution in [2.45, 2.75) is 19.9 Å². The molecule has 2 aromatic rings. The topological polar surface area (TPSA) is 26.2 Å². The molecule has 0 unspecified atom stereocenters. The summed E-state index contributed by atoms with van der Waals surface area (Å²) in [6.07, 6.45) is 3.23. The van der Waals surface area contributed by atoms with Crippen LogP contribution in [-0.2, 0) is 11.3 Å². The van der Waals surface area contributed by atoms with Gasteiger partial charge in [-0.05, 0) is 41.9 Å². The SMILES string of the molecule is CCOCCCNCCn1cc(Br)c2ccccc21. The lowest BCUT2D eigenvalue weighted by Gasteiger charge is -2.07. The molecular formula is C15H21BrN2O. The molecule has 0 fully saturated rings. The number of hydrogen-bond donors (Lipinski definition) is 1. The second-order valence-corrected chi connectivity index (χ2v) is 5.34. The van der Waals surface area contributed by atoms with Crippen LogP contribution in [0.4, 0.5) is 0 Å². The molecule has 104 valence electrons. The number of rotatable bonds is 8. The van der Waals surface area contributed by atoms with Crippen molar-refractivity contribution in [3.05, 3.63) is 34.9 Å². The van der Waals surface area contributed by atoms with E-state index in [1.807, 2.05) is 6.92 Å². The van der Waals surface area contributed by atoms with Gasteiger partial charge in [0.25, 0.3) is 0 Å². The molecular weight excluding hydrogens is 304 g/mol. The Morgan fingerprint density at radius 3 is 2.95 bits per heavy atom. The molecule has 0 amide bonds. The molecule has 0 aliphatic carbocycles. The zero-order valence-corrected chi connectivity index (χ0v) is 12.9. The summed E-state index contributed by atoms with van der Waals surface area (Å²) >= 11 is 3.61. The standard InChI is InChI=1S/C15H21BrN2O/c1-2-19-11-5-8-17-9-10-18-12-14(16)13-6-3-4-7-15(13)18/h3-4,6-7,12,17H,2,5,8-11H2,1H3. The molecule has 0 aliphatic heterocycles. The highest BCUT2D eigenvalue weighted by Crippen LogP contribution is 2.25. The van der Waals surface area contributed by atoms with Crippen molar-refractivity contribution in [1.82, 2.24) is 9.88 Å². The first kappa shape index (κ1) is 14.6. The van der Waals surface area contributed by atoms with E-state index in [2.05, 4.69) is 56.3 Å². The number of aromatic nitrogens is 1. The Morgan fingerprint density at radius 1 is 1.26 bits per heavy atom. The molecule has 0 saturated heterocycles. The van der Waals surface area contributed by atoms with Crippen molar-refractivity contribution in [2.24, 2.45) is 0 Å². The van der Waals surface area contributed by atoms with Crippen molar-refractivity contribution < 1.29 is 4.74 Å². The molecule has 1 aromatic carbocycles. The van der Waals surface area contributed by atoms with E-state index in [9.17, 15) is 0 Å². The number of para-hydroxylation sites is 1. The third-order valence-electron chi connectivity index (χ3n) is 3.12. The Labute approximate surface area is 123 Å². The predicted octanol–water partition coefficient (Wildman–Crippen LogP) is 3.42. The van der Waals surface area contributed by atoms with Crippen LogP contribution in [0.2, 0.25) is 0 Å². The highest BCUT2D eigenvalue weighted by Gasteiger charge is 2.04. The van der Waals surface area contributed by atoms with Crippen LogP contribution in [0.5, 0.6) is 0 Å². The summed E-state index contributed by atoms with van der Waals surface area (Å²) in [5.74, 6) is 0. The first-order valence-electron chi connectivity index (χ1n) is 6.84. The molecule has 3 nitrogen and oxygen atoms in total. The van der Waals surface area contributed by atoms with E-state index in [1.54, 1.807) is 0 Å². The van der Waals surface area contributed by atoms with Crippen LogP contribution in [0, 0.1) is 0 Å². The molecule has 1 heterocycles. The molecule has 0 bridgehead atoms. The van der Waals surface area contributed by atoms with Crippen molar-refractivity contribution in [3.8, 4) is 0 Å². The summed E-state index contributed by atoms with van der Waals surface area (Å²) in [6.45, 7) is 6.67. The minimum Gasteiger partial charge on any atom is -0.382 e. The fourth-order valence-corrected chi connectivity index (χ4v) is 2.74. The van der Waals surface area contributed by atoms with Gasteiger partial charge in [-0.15, -0.1) is 0 Å². The summed E-state index contributed by atoms with van der Waals surface area (Å²) < 4.78 is 8.76. The quantitative estimate of drug-likeness (QED) is 0.753. The van der Waals surface area contributed by atoms with Crippen molar-refractivity contribution in [3.63, 3.8) is 0 Å². The number of ether oxygens (including phenoxy) is 1. The van der Waals surface area contributed by atoms with Gasteiger partial charge in [0.1, 0.15) is 0 Å². The fraction of sp³-hybridized carbons (Fsp3) is 0.467. The minimum atomic E-state index is 0.809. The summed E-state index contributed by atoms with van der Waals surface area (Å²) in [6, 6.07) is 8.46. The summed E-state index contributed by atoms with van der Waals surface area (Å²) in [5, 5.41) is 4.73. The normalized spacial score (nSPS) is 11.3. The van der Waals surface area contributed by atoms with Crippen molar-refractivity contribution >= 4 is 26.8 Å². The lowest BCUT2D eigenvalue weighted by molar-refractivity contribution is 0.145. The fourth-order valence-electron chi connectivity index (χ4n) is 2.16. The van der Waals surface area contributed by atoms with E-state index < -0.39 is 0 Å². The first-order chi connectivity index (χ1) is 9.33. The van der Waals surface area contributed by atoms with E-state index in [0.29, 0.717) is 0 Å². The summed E-state index contributed by atoms with van der Waals surface area (Å²) in [5.41, 5.74) is 1.28. The molecule has 0 saturated carbocycles. The number of nitrogens with one attached hydrogen (secondary N) is 1. The van der Waals surface area contributed by atoms with Gasteiger partial charge in [-0.2, -0.15) is 0 Å². The monoisotopic (exact) mass is 324 g/mol. The number of nitrogens with zero attached hydrogens (tertiary/aromatic N) is 1. The van der Waals surface area contributed by atoms with Gasteiger partial charge in [-0.3, -0.25) is 0 Å². The van der Waals surface area contributed by atoms with E-state index in [4.69, 9.17) is 4.74 Å². The van der Waals surface area contributed by atoms with E-state index in [0.717, 1.165) is 39.3 Å². The highest BCUT2D eigenvalue weighted by molar-refractivity contribution is 9.10. The Morgan fingerprint density at radius 2 is 2.11 bits per heavy atom. The Balaban J connectivity index is 1.79. The van der Waals surface area contributed by atoms with Crippen LogP contribution in [0.25, 0.3) is 10.9 Å². The van der Waals surface area contributed by atoms with E-state index in [-0.39, 0.29) is 0 Å². The lowest BCUT2D eigenvalue weighted by Crippen LogP contribution is -2.21. The van der Waals surface area contributed by atoms with Crippen molar-refractivity contribution in [1.29, 1.82) is 0 Å². The van der Waals surface area contributed by atoms with Gasteiger partial charge in [0.15, 0.2) is 0 Å². The Hall–Kier alpha value is -0.840. The molecule has 0 radical (unpaired) electrons. The molecule has 1 aromatic heterocycles. The van der Waals surface area contributed by atoms with Gasteiger partial charge in [-0.25, -0.2) is 0 Å². The summed E-state index contributed by atoms with van der Waals surface area (Å²) in [7, 11) is 0. The molecule has 0 spiro atoms. The molecule has 1 N–H and O–H groups in total. The van der Waals surface area contributed by atoms with Crippen LogP contribution in [0.1, 0.15) is 13.3 Å². The van der Waals surface area contributed by atoms with Crippen LogP contribution in [0.3, 0.4) is 0 Å². The van der Waals surface area contributed by atoms with Crippen LogP contribution >= 0.6 is 15.9 Å². The molecule has 19 heavy (non-hydrogen) atoms. The maximum atomic E-state index is 5.31. The second-order valence-electron chi connectivity index (χ2n) is 4.49. The zero-order valence-electron chi connectivity index (χ0n) is 11.4. The maximum Gasteiger partial charge on any atom is 0.0492 e. The average Bonchev–Trinajstić information content (AvgIpc) is 2.75. The lowest BCUT2D eigenvalue weighted by atomic mass is 10.2. The highest BCUT2D eigenvalue weighted by atomic mass is 79.9. The number of benzene rings is 1. The third kappa shape index (κ3) is 4.06. The smallest absolute Gasteiger partial charge is 0.0492 e. The van der Waals surface area contributed by atoms with Gasteiger partial charge in [0.2, 0.25) is 0 Å². The van der Waals surface area contributed by atoms with E-state index in [1.165, 1.54) is 15.4 Å². The van der Waals surface area contributed by atoms with Crippen LogP contribution in [0.15, 0.2) is 34.9 Å². The van der Waals surface area contributed by atoms with Crippen LogP contribution in [-0.4, -0.2) is 30.9 Å². The van der Waals surface area contributed by atoms with Gasteiger partial charge in [0.05, 0.1) is 0 Å². The predicted molar refractivity (Wildman–Crippen MR) is 83.6 cm³/mol. The third-order valence-corrected chi connectivity index (χ3v) is 3.75. The molecule has 0 aliphatic rings. The largest absolute Gasteiger partial charge is 0.382 e. The van der Waals surface area contributed by atoms with Gasteiger partial charge in [-0.1, -0.05) is 18.2 Å². The first-order valence-corrected chi connectivity index (χ1v) is 7.64. The van der Waals surface area contributed by atoms with Gasteiger partial charge < -0.3 is 14.6 Å². The Bertz CT molecular complexity index is 510. The molecule has 0 atom stereocenters. The van der Waals surface area contributed by atoms with Crippen molar-refractivity contribution in [2.75, 3.05) is 26.3 Å². The van der Waals surface area contributed by atoms with Crippen LogP contribution < -0.4 is 5.32 Å². The number of hydrogen-bond acceptors (Lipinski definition) is 2. The Kier molecular flexibility index (Phi) is 5.89. The number of halogens is 1. The second kappa shape index (κ2) is 7.68. The minimum absolute atomic E-state index is 0.809. The molecule has 2 rings (SSSR count). The van der Waals surface area contributed by atoms with Gasteiger partial charge >= 0.3 is 0 Å². The van der Waals surface area contributed by atoms with Gasteiger partial charge in [0, 0.05) is 47.9 Å². The zero-order chi connectivity index (χ0) is 13.5. The van der Waals surface area contributed by atoms with E-state index >= 15 is 0 Å². The average molecular weight is 325 g/mol.